The van der Waals surface area contributed by atoms with E-state index in [1.807, 2.05) is 50.4 Å². The summed E-state index contributed by atoms with van der Waals surface area (Å²) in [5, 5.41) is 16.1. The maximum atomic E-state index is 13.1. The first-order valence-corrected chi connectivity index (χ1v) is 10.4. The molecule has 3 heterocycles. The number of rotatable bonds is 5. The quantitative estimate of drug-likeness (QED) is 0.699. The van der Waals surface area contributed by atoms with Crippen LogP contribution in [0.4, 0.5) is 10.7 Å². The van der Waals surface area contributed by atoms with Crippen molar-refractivity contribution in [1.29, 1.82) is 0 Å². The molecule has 0 saturated carbocycles. The molecule has 0 bridgehead atoms. The maximum Gasteiger partial charge on any atom is 0.319 e. The molecule has 160 valence electrons. The lowest BCUT2D eigenvalue weighted by Crippen LogP contribution is -2.47. The second-order valence-electron chi connectivity index (χ2n) is 8.35. The minimum absolute atomic E-state index is 0.172. The molecule has 1 unspecified atom stereocenters. The van der Waals surface area contributed by atoms with Gasteiger partial charge in [0.2, 0.25) is 5.95 Å². The van der Waals surface area contributed by atoms with Gasteiger partial charge in [0.25, 0.3) is 0 Å². The third kappa shape index (κ3) is 4.11. The molecule has 0 spiro atoms. The highest BCUT2D eigenvalue weighted by molar-refractivity contribution is 5.77. The molecule has 2 atom stereocenters. The summed E-state index contributed by atoms with van der Waals surface area (Å²) in [6.45, 7) is 5.65. The number of amides is 2. The molecule has 3 N–H and O–H groups in total. The summed E-state index contributed by atoms with van der Waals surface area (Å²) in [5.74, 6) is 0.569. The normalized spacial score (nSPS) is 21.0. The fraction of sp³-hybridized carbons (Fsp3) is 0.500. The van der Waals surface area contributed by atoms with E-state index in [0.29, 0.717) is 19.1 Å². The summed E-state index contributed by atoms with van der Waals surface area (Å²) in [6, 6.07) is 8.98. The minimum Gasteiger partial charge on any atom is -0.394 e. The van der Waals surface area contributed by atoms with E-state index in [9.17, 15) is 9.90 Å². The van der Waals surface area contributed by atoms with Crippen LogP contribution in [-0.4, -0.2) is 51.9 Å². The second kappa shape index (κ2) is 8.57. The van der Waals surface area contributed by atoms with Crippen LogP contribution in [0, 0.1) is 0 Å². The summed E-state index contributed by atoms with van der Waals surface area (Å²) in [7, 11) is 0. The number of anilines is 1. The summed E-state index contributed by atoms with van der Waals surface area (Å²) in [6.07, 6.45) is 3.86. The number of fused-ring (bicyclic) bond motifs is 1. The predicted molar refractivity (Wildman–Crippen MR) is 113 cm³/mol. The molecular weight excluding hydrogens is 382 g/mol. The van der Waals surface area contributed by atoms with Crippen LogP contribution in [0.1, 0.15) is 49.6 Å². The molecule has 2 aromatic rings. The zero-order valence-electron chi connectivity index (χ0n) is 17.5. The molecule has 2 aliphatic heterocycles. The van der Waals surface area contributed by atoms with Crippen molar-refractivity contribution < 1.29 is 14.6 Å². The lowest BCUT2D eigenvalue weighted by atomic mass is 9.97. The molecule has 30 heavy (non-hydrogen) atoms. The van der Waals surface area contributed by atoms with E-state index < -0.39 is 11.6 Å². The first kappa shape index (κ1) is 20.6. The smallest absolute Gasteiger partial charge is 0.319 e. The fourth-order valence-electron chi connectivity index (χ4n) is 4.12. The maximum absolute atomic E-state index is 13.1. The largest absolute Gasteiger partial charge is 0.394 e. The molecule has 1 aromatic heterocycles. The third-order valence-corrected chi connectivity index (χ3v) is 5.93. The Morgan fingerprint density at radius 1 is 1.37 bits per heavy atom. The lowest BCUT2D eigenvalue weighted by molar-refractivity contribution is 0.0874. The van der Waals surface area contributed by atoms with Crippen LogP contribution >= 0.6 is 0 Å². The van der Waals surface area contributed by atoms with Crippen molar-refractivity contribution in [2.45, 2.75) is 50.9 Å². The Kier molecular flexibility index (Phi) is 5.87. The molecule has 2 aliphatic rings. The van der Waals surface area contributed by atoms with E-state index in [1.54, 1.807) is 4.90 Å². The molecule has 8 heteroatoms. The van der Waals surface area contributed by atoms with Gasteiger partial charge in [-0.15, -0.1) is 0 Å². The molecule has 0 aliphatic carbocycles. The van der Waals surface area contributed by atoms with Gasteiger partial charge in [-0.3, -0.25) is 0 Å². The zero-order valence-corrected chi connectivity index (χ0v) is 17.5. The van der Waals surface area contributed by atoms with Crippen molar-refractivity contribution in [2.24, 2.45) is 0 Å². The van der Waals surface area contributed by atoms with Crippen molar-refractivity contribution in [3.05, 3.63) is 53.3 Å². The zero-order chi connectivity index (χ0) is 21.1. The summed E-state index contributed by atoms with van der Waals surface area (Å²) < 4.78 is 5.51. The number of hydrogen-bond donors (Lipinski definition) is 3. The van der Waals surface area contributed by atoms with Crippen LogP contribution in [0.15, 0.2) is 36.5 Å². The monoisotopic (exact) mass is 411 g/mol. The van der Waals surface area contributed by atoms with E-state index in [0.717, 1.165) is 36.3 Å². The number of hydrogen-bond acceptors (Lipinski definition) is 6. The van der Waals surface area contributed by atoms with Crippen molar-refractivity contribution in [2.75, 3.05) is 25.1 Å². The van der Waals surface area contributed by atoms with Gasteiger partial charge in [0, 0.05) is 18.4 Å². The Morgan fingerprint density at radius 3 is 2.87 bits per heavy atom. The number of aromatic nitrogens is 2. The number of benzene rings is 1. The number of carbonyl (C=O) groups excluding carboxylic acids is 1. The van der Waals surface area contributed by atoms with Gasteiger partial charge in [-0.05, 0) is 32.3 Å². The van der Waals surface area contributed by atoms with Crippen molar-refractivity contribution >= 4 is 12.0 Å². The molecule has 0 radical (unpaired) electrons. The van der Waals surface area contributed by atoms with E-state index >= 15 is 0 Å². The van der Waals surface area contributed by atoms with Crippen LogP contribution in [-0.2, 0) is 16.8 Å². The summed E-state index contributed by atoms with van der Waals surface area (Å²) in [5.41, 5.74) is 2.08. The predicted octanol–water partition coefficient (Wildman–Crippen LogP) is 2.56. The number of nitrogens with one attached hydrogen (secondary N) is 2. The molecule has 4 rings (SSSR count). The number of carbonyl (C=O) groups is 1. The average Bonchev–Trinajstić information content (AvgIpc) is 3.03. The topological polar surface area (TPSA) is 99.6 Å². The lowest BCUT2D eigenvalue weighted by Gasteiger charge is -2.33. The highest BCUT2D eigenvalue weighted by Crippen LogP contribution is 2.38. The van der Waals surface area contributed by atoms with Crippen LogP contribution in [0.3, 0.4) is 0 Å². The number of aliphatic hydroxyl groups excluding tert-OH is 1. The highest BCUT2D eigenvalue weighted by Gasteiger charge is 2.42. The van der Waals surface area contributed by atoms with E-state index in [1.165, 1.54) is 0 Å². The Labute approximate surface area is 176 Å². The van der Waals surface area contributed by atoms with Crippen molar-refractivity contribution in [3.63, 3.8) is 0 Å². The van der Waals surface area contributed by atoms with Gasteiger partial charge in [0.15, 0.2) is 0 Å². The number of aliphatic hydroxyl groups is 1. The van der Waals surface area contributed by atoms with Gasteiger partial charge in [-0.2, -0.15) is 0 Å². The molecule has 8 nitrogen and oxygen atoms in total. The van der Waals surface area contributed by atoms with E-state index in [2.05, 4.69) is 20.6 Å². The van der Waals surface area contributed by atoms with Gasteiger partial charge in [0.1, 0.15) is 0 Å². The van der Waals surface area contributed by atoms with E-state index in [-0.39, 0.29) is 18.7 Å². The molecular formula is C22H29N5O3. The van der Waals surface area contributed by atoms with Gasteiger partial charge >= 0.3 is 6.03 Å². The van der Waals surface area contributed by atoms with E-state index in [4.69, 9.17) is 4.74 Å². The fourth-order valence-corrected chi connectivity index (χ4v) is 4.12. The van der Waals surface area contributed by atoms with Gasteiger partial charge < -0.3 is 25.4 Å². The Hall–Kier alpha value is -2.71. The first-order valence-electron chi connectivity index (χ1n) is 10.4. The van der Waals surface area contributed by atoms with Crippen LogP contribution < -0.4 is 10.6 Å². The molecule has 1 aromatic carbocycles. The number of nitrogens with zero attached hydrogens (tertiary/aromatic N) is 3. The van der Waals surface area contributed by atoms with Gasteiger partial charge in [-0.1, -0.05) is 30.3 Å². The van der Waals surface area contributed by atoms with Crippen LogP contribution in [0.2, 0.25) is 0 Å². The Bertz CT molecular complexity index is 884. The minimum atomic E-state index is -0.553. The van der Waals surface area contributed by atoms with Gasteiger partial charge in [-0.25, -0.2) is 14.8 Å². The van der Waals surface area contributed by atoms with Crippen LogP contribution in [0.25, 0.3) is 0 Å². The second-order valence-corrected chi connectivity index (χ2v) is 8.35. The Morgan fingerprint density at radius 2 is 2.17 bits per heavy atom. The highest BCUT2D eigenvalue weighted by atomic mass is 16.5. The summed E-state index contributed by atoms with van der Waals surface area (Å²) in [4.78, 5) is 24.0. The SMILES string of the molecule is CC1(C)c2cnc(NC3CCCOC3)nc2CN1C(=O)N[C@H](CO)c1ccccc1. The average molecular weight is 412 g/mol. The van der Waals surface area contributed by atoms with Gasteiger partial charge in [0.05, 0.1) is 43.1 Å². The van der Waals surface area contributed by atoms with Crippen LogP contribution in [0.5, 0.6) is 0 Å². The number of ether oxygens (including phenoxy) is 1. The molecule has 1 fully saturated rings. The Balaban J connectivity index is 1.48. The molecule has 1 saturated heterocycles. The number of urea groups is 1. The molecule has 2 amide bonds. The van der Waals surface area contributed by atoms with Crippen molar-refractivity contribution in [3.8, 4) is 0 Å². The first-order chi connectivity index (χ1) is 14.5. The van der Waals surface area contributed by atoms with Crippen molar-refractivity contribution in [1.82, 2.24) is 20.2 Å². The summed E-state index contributed by atoms with van der Waals surface area (Å²) >= 11 is 0. The standard InChI is InChI=1S/C22H29N5O3/c1-22(2)17-11-23-20(24-16-9-6-10-30-14-16)25-18(17)12-27(22)21(29)26-19(13-28)15-7-4-3-5-8-15/h3-5,7-8,11,16,19,28H,6,9-10,12-14H2,1-2H3,(H,26,29)(H,23,24,25)/t16?,19-/m1/s1. The third-order valence-electron chi connectivity index (χ3n) is 5.93.